The predicted octanol–water partition coefficient (Wildman–Crippen LogP) is 3.33. The molecule has 17 heavy (non-hydrogen) atoms. The highest BCUT2D eigenvalue weighted by Gasteiger charge is 2.37. The third kappa shape index (κ3) is 3.53. The first-order valence-electron chi connectivity index (χ1n) is 6.20. The molecular formula is C13H21BrN2S. The van der Waals surface area contributed by atoms with E-state index in [4.69, 9.17) is 0 Å². The summed E-state index contributed by atoms with van der Waals surface area (Å²) in [6, 6.07) is 2.23. The number of nitrogens with one attached hydrogen (secondary N) is 1. The summed E-state index contributed by atoms with van der Waals surface area (Å²) in [6.07, 6.45) is 4.17. The lowest BCUT2D eigenvalue weighted by Gasteiger charge is -2.44. The normalized spacial score (nSPS) is 18.4. The van der Waals surface area contributed by atoms with Gasteiger partial charge in [-0.05, 0) is 54.3 Å². The van der Waals surface area contributed by atoms with Crippen LogP contribution in [0.5, 0.6) is 0 Å². The fourth-order valence-corrected chi connectivity index (χ4v) is 4.30. The van der Waals surface area contributed by atoms with E-state index in [0.29, 0.717) is 5.41 Å². The zero-order valence-electron chi connectivity index (χ0n) is 10.6. The fourth-order valence-electron chi connectivity index (χ4n) is 2.77. The Bertz CT molecular complexity index is 360. The Morgan fingerprint density at radius 2 is 2.29 bits per heavy atom. The average Bonchev–Trinajstić information content (AvgIpc) is 2.61. The van der Waals surface area contributed by atoms with E-state index >= 15 is 0 Å². The minimum Gasteiger partial charge on any atom is -0.319 e. The molecule has 1 aromatic rings. The molecule has 96 valence electrons. The number of halogens is 1. The van der Waals surface area contributed by atoms with Gasteiger partial charge in [-0.25, -0.2) is 0 Å². The third-order valence-electron chi connectivity index (χ3n) is 3.62. The van der Waals surface area contributed by atoms with Crippen molar-refractivity contribution in [2.75, 3.05) is 27.2 Å². The number of nitrogens with zero attached hydrogens (tertiary/aromatic N) is 1. The molecule has 4 heteroatoms. The maximum Gasteiger partial charge on any atom is 0.0325 e. The van der Waals surface area contributed by atoms with Crippen LogP contribution in [0.15, 0.2) is 15.9 Å². The molecular weight excluding hydrogens is 296 g/mol. The van der Waals surface area contributed by atoms with E-state index in [1.54, 1.807) is 0 Å². The highest BCUT2D eigenvalue weighted by atomic mass is 79.9. The molecule has 0 unspecified atom stereocenters. The topological polar surface area (TPSA) is 15.3 Å². The Hall–Kier alpha value is 0.1000. The molecule has 2 rings (SSSR count). The standard InChI is InChI=1S/C13H21BrN2S/c1-15-9-13(4-3-5-13)10-16(2)7-12-6-11(14)8-17-12/h6,8,15H,3-5,7,9-10H2,1-2H3. The van der Waals surface area contributed by atoms with Gasteiger partial charge >= 0.3 is 0 Å². The van der Waals surface area contributed by atoms with Crippen molar-refractivity contribution in [3.8, 4) is 0 Å². The van der Waals surface area contributed by atoms with Gasteiger partial charge in [0.15, 0.2) is 0 Å². The molecule has 1 N–H and O–H groups in total. The van der Waals surface area contributed by atoms with Gasteiger partial charge in [0.05, 0.1) is 0 Å². The zero-order chi connectivity index (χ0) is 12.3. The van der Waals surface area contributed by atoms with E-state index in [1.807, 2.05) is 11.3 Å². The van der Waals surface area contributed by atoms with Gasteiger partial charge in [-0.2, -0.15) is 0 Å². The lowest BCUT2D eigenvalue weighted by Crippen LogP contribution is -2.46. The average molecular weight is 317 g/mol. The molecule has 0 saturated heterocycles. The second kappa shape index (κ2) is 5.83. The van der Waals surface area contributed by atoms with E-state index in [0.717, 1.165) is 13.1 Å². The Labute approximate surface area is 117 Å². The molecule has 1 aliphatic rings. The van der Waals surface area contributed by atoms with E-state index in [-0.39, 0.29) is 0 Å². The number of hydrogen-bond donors (Lipinski definition) is 1. The van der Waals surface area contributed by atoms with Gasteiger partial charge in [-0.15, -0.1) is 11.3 Å². The predicted molar refractivity (Wildman–Crippen MR) is 78.6 cm³/mol. The van der Waals surface area contributed by atoms with Gasteiger partial charge < -0.3 is 10.2 Å². The first-order chi connectivity index (χ1) is 8.13. The van der Waals surface area contributed by atoms with Crippen LogP contribution in [0.1, 0.15) is 24.1 Å². The molecule has 1 heterocycles. The van der Waals surface area contributed by atoms with Crippen LogP contribution < -0.4 is 5.32 Å². The maximum atomic E-state index is 3.52. The first kappa shape index (κ1) is 13.5. The van der Waals surface area contributed by atoms with Crippen LogP contribution in [-0.4, -0.2) is 32.1 Å². The van der Waals surface area contributed by atoms with Crippen molar-refractivity contribution in [2.45, 2.75) is 25.8 Å². The third-order valence-corrected chi connectivity index (χ3v) is 5.30. The van der Waals surface area contributed by atoms with Crippen molar-refractivity contribution in [3.63, 3.8) is 0 Å². The minimum atomic E-state index is 0.540. The van der Waals surface area contributed by atoms with Crippen molar-refractivity contribution >= 4 is 27.3 Å². The van der Waals surface area contributed by atoms with Crippen molar-refractivity contribution in [1.82, 2.24) is 10.2 Å². The van der Waals surface area contributed by atoms with Crippen molar-refractivity contribution in [2.24, 2.45) is 5.41 Å². The molecule has 1 fully saturated rings. The summed E-state index contributed by atoms with van der Waals surface area (Å²) in [5.74, 6) is 0. The van der Waals surface area contributed by atoms with Crippen LogP contribution in [0, 0.1) is 5.41 Å². The molecule has 0 spiro atoms. The molecule has 1 aliphatic carbocycles. The van der Waals surface area contributed by atoms with Crippen LogP contribution in [0.25, 0.3) is 0 Å². The smallest absolute Gasteiger partial charge is 0.0325 e. The minimum absolute atomic E-state index is 0.540. The summed E-state index contributed by atoms with van der Waals surface area (Å²) in [5.41, 5.74) is 0.540. The molecule has 0 amide bonds. The van der Waals surface area contributed by atoms with E-state index in [2.05, 4.69) is 51.7 Å². The van der Waals surface area contributed by atoms with Crippen molar-refractivity contribution in [1.29, 1.82) is 0 Å². The van der Waals surface area contributed by atoms with Gasteiger partial charge in [-0.3, -0.25) is 0 Å². The first-order valence-corrected chi connectivity index (χ1v) is 7.87. The number of hydrogen-bond acceptors (Lipinski definition) is 3. The van der Waals surface area contributed by atoms with Gasteiger partial charge in [0.2, 0.25) is 0 Å². The van der Waals surface area contributed by atoms with Crippen LogP contribution in [0.2, 0.25) is 0 Å². The molecule has 2 nitrogen and oxygen atoms in total. The summed E-state index contributed by atoms with van der Waals surface area (Å²) in [4.78, 5) is 3.91. The SMILES string of the molecule is CNCC1(CN(C)Cc2cc(Br)cs2)CCC1. The van der Waals surface area contributed by atoms with Crippen LogP contribution in [0.3, 0.4) is 0 Å². The van der Waals surface area contributed by atoms with Gasteiger partial charge in [0.25, 0.3) is 0 Å². The summed E-state index contributed by atoms with van der Waals surface area (Å²) in [7, 11) is 4.31. The Balaban J connectivity index is 1.85. The Kier molecular flexibility index (Phi) is 4.64. The molecule has 1 aromatic heterocycles. The zero-order valence-corrected chi connectivity index (χ0v) is 13.0. The van der Waals surface area contributed by atoms with Crippen molar-refractivity contribution < 1.29 is 0 Å². The van der Waals surface area contributed by atoms with Gasteiger partial charge in [0, 0.05) is 34.4 Å². The van der Waals surface area contributed by atoms with Crippen LogP contribution >= 0.6 is 27.3 Å². The molecule has 0 aromatic carbocycles. The monoisotopic (exact) mass is 316 g/mol. The molecule has 0 bridgehead atoms. The van der Waals surface area contributed by atoms with Crippen molar-refractivity contribution in [3.05, 3.63) is 20.8 Å². The fraction of sp³-hybridized carbons (Fsp3) is 0.692. The highest BCUT2D eigenvalue weighted by molar-refractivity contribution is 9.10. The van der Waals surface area contributed by atoms with Crippen LogP contribution in [0.4, 0.5) is 0 Å². The second-order valence-corrected chi connectivity index (χ2v) is 7.20. The maximum absolute atomic E-state index is 3.52. The summed E-state index contributed by atoms with van der Waals surface area (Å²) >= 11 is 5.35. The summed E-state index contributed by atoms with van der Waals surface area (Å²) in [6.45, 7) is 3.44. The Morgan fingerprint density at radius 3 is 2.76 bits per heavy atom. The highest BCUT2D eigenvalue weighted by Crippen LogP contribution is 2.41. The van der Waals surface area contributed by atoms with E-state index < -0.39 is 0 Å². The molecule has 0 radical (unpaired) electrons. The molecule has 0 atom stereocenters. The van der Waals surface area contributed by atoms with Gasteiger partial charge in [-0.1, -0.05) is 6.42 Å². The summed E-state index contributed by atoms with van der Waals surface area (Å²) < 4.78 is 1.21. The lowest BCUT2D eigenvalue weighted by atomic mass is 9.68. The van der Waals surface area contributed by atoms with Crippen LogP contribution in [-0.2, 0) is 6.54 Å². The number of thiophene rings is 1. The second-order valence-electron chi connectivity index (χ2n) is 5.29. The van der Waals surface area contributed by atoms with E-state index in [9.17, 15) is 0 Å². The lowest BCUT2D eigenvalue weighted by molar-refractivity contribution is 0.0772. The quantitative estimate of drug-likeness (QED) is 0.866. The molecule has 1 saturated carbocycles. The summed E-state index contributed by atoms with van der Waals surface area (Å²) in [5, 5.41) is 5.51. The Morgan fingerprint density at radius 1 is 1.53 bits per heavy atom. The number of rotatable bonds is 6. The molecule has 0 aliphatic heterocycles. The largest absolute Gasteiger partial charge is 0.319 e. The van der Waals surface area contributed by atoms with Gasteiger partial charge in [0.1, 0.15) is 0 Å². The van der Waals surface area contributed by atoms with E-state index in [1.165, 1.54) is 35.2 Å².